The van der Waals surface area contributed by atoms with Crippen LogP contribution >= 0.6 is 11.6 Å². The largest absolute Gasteiger partial charge is 0.316 e. The first-order valence-corrected chi connectivity index (χ1v) is 6.03. The number of hydrogen-bond acceptors (Lipinski definition) is 2. The number of hydrogen-bond donors (Lipinski definition) is 1. The number of ketones is 1. The van der Waals surface area contributed by atoms with Crippen molar-refractivity contribution in [3.05, 3.63) is 34.3 Å². The highest BCUT2D eigenvalue weighted by molar-refractivity contribution is 6.31. The molecule has 1 atom stereocenters. The summed E-state index contributed by atoms with van der Waals surface area (Å²) in [5.74, 6) is 0.480. The van der Waals surface area contributed by atoms with Gasteiger partial charge in [-0.2, -0.15) is 0 Å². The fourth-order valence-electron chi connectivity index (χ4n) is 2.06. The Labute approximate surface area is 101 Å². The van der Waals surface area contributed by atoms with Crippen LogP contribution in [-0.4, -0.2) is 18.9 Å². The molecule has 0 saturated carbocycles. The van der Waals surface area contributed by atoms with Gasteiger partial charge in [0, 0.05) is 23.9 Å². The summed E-state index contributed by atoms with van der Waals surface area (Å²) in [6.07, 6.45) is 1.42. The zero-order chi connectivity index (χ0) is 11.5. The lowest BCUT2D eigenvalue weighted by Gasteiger charge is -2.08. The second-order valence-corrected chi connectivity index (χ2v) is 4.83. The Balaban J connectivity index is 2.05. The number of aryl methyl sites for hydroxylation is 1. The third-order valence-corrected chi connectivity index (χ3v) is 3.44. The molecule has 1 heterocycles. The van der Waals surface area contributed by atoms with Crippen LogP contribution in [0.2, 0.25) is 5.02 Å². The molecule has 0 aliphatic carbocycles. The maximum Gasteiger partial charge on any atom is 0.141 e. The molecule has 2 rings (SSSR count). The van der Waals surface area contributed by atoms with E-state index in [1.807, 2.05) is 25.1 Å². The molecule has 1 unspecified atom stereocenters. The topological polar surface area (TPSA) is 29.1 Å². The second kappa shape index (κ2) is 4.98. The van der Waals surface area contributed by atoms with Crippen molar-refractivity contribution >= 4 is 17.4 Å². The lowest BCUT2D eigenvalue weighted by Crippen LogP contribution is -2.19. The van der Waals surface area contributed by atoms with E-state index in [0.29, 0.717) is 17.2 Å². The number of carbonyl (C=O) groups excluding carboxylic acids is 1. The molecule has 1 saturated heterocycles. The standard InChI is InChI=1S/C13H16ClNO/c1-9-2-3-10(12(14)6-9)7-13(16)11-4-5-15-8-11/h2-3,6,11,15H,4-5,7-8H2,1H3. The highest BCUT2D eigenvalue weighted by Gasteiger charge is 2.22. The average molecular weight is 238 g/mol. The predicted molar refractivity (Wildman–Crippen MR) is 65.9 cm³/mol. The van der Waals surface area contributed by atoms with Crippen LogP contribution in [0.5, 0.6) is 0 Å². The lowest BCUT2D eigenvalue weighted by atomic mass is 9.97. The zero-order valence-electron chi connectivity index (χ0n) is 9.42. The third-order valence-electron chi connectivity index (χ3n) is 3.09. The van der Waals surface area contributed by atoms with Crippen LogP contribution in [0.25, 0.3) is 0 Å². The van der Waals surface area contributed by atoms with Gasteiger partial charge in [-0.3, -0.25) is 4.79 Å². The smallest absolute Gasteiger partial charge is 0.141 e. The second-order valence-electron chi connectivity index (χ2n) is 4.43. The van der Waals surface area contributed by atoms with Crippen molar-refractivity contribution in [1.82, 2.24) is 5.32 Å². The van der Waals surface area contributed by atoms with Gasteiger partial charge in [0.1, 0.15) is 5.78 Å². The van der Waals surface area contributed by atoms with Crippen molar-refractivity contribution in [3.8, 4) is 0 Å². The molecule has 0 aromatic heterocycles. The average Bonchev–Trinajstić information content (AvgIpc) is 2.75. The van der Waals surface area contributed by atoms with Gasteiger partial charge in [-0.25, -0.2) is 0 Å². The molecule has 0 spiro atoms. The lowest BCUT2D eigenvalue weighted by molar-refractivity contribution is -0.121. The molecular formula is C13H16ClNO. The fourth-order valence-corrected chi connectivity index (χ4v) is 2.36. The van der Waals surface area contributed by atoms with Crippen molar-refractivity contribution in [3.63, 3.8) is 0 Å². The third kappa shape index (κ3) is 2.63. The first kappa shape index (κ1) is 11.6. The summed E-state index contributed by atoms with van der Waals surface area (Å²) in [6.45, 7) is 3.78. The molecule has 0 amide bonds. The highest BCUT2D eigenvalue weighted by atomic mass is 35.5. The monoisotopic (exact) mass is 237 g/mol. The van der Waals surface area contributed by atoms with E-state index in [-0.39, 0.29) is 5.92 Å². The maximum atomic E-state index is 12.0. The van der Waals surface area contributed by atoms with Gasteiger partial charge in [0.2, 0.25) is 0 Å². The first-order valence-electron chi connectivity index (χ1n) is 5.65. The van der Waals surface area contributed by atoms with Crippen LogP contribution < -0.4 is 5.32 Å². The molecule has 0 bridgehead atoms. The molecular weight excluding hydrogens is 222 g/mol. The van der Waals surface area contributed by atoms with Gasteiger partial charge in [-0.1, -0.05) is 23.7 Å². The normalized spacial score (nSPS) is 20.0. The van der Waals surface area contributed by atoms with Crippen molar-refractivity contribution < 1.29 is 4.79 Å². The minimum atomic E-state index is 0.178. The van der Waals surface area contributed by atoms with Crippen molar-refractivity contribution in [1.29, 1.82) is 0 Å². The number of benzene rings is 1. The van der Waals surface area contributed by atoms with Gasteiger partial charge >= 0.3 is 0 Å². The zero-order valence-corrected chi connectivity index (χ0v) is 10.2. The molecule has 1 aromatic rings. The Morgan fingerprint density at radius 2 is 2.38 bits per heavy atom. The van der Waals surface area contributed by atoms with E-state index in [0.717, 1.165) is 30.6 Å². The summed E-state index contributed by atoms with van der Waals surface area (Å²) < 4.78 is 0. The molecule has 3 heteroatoms. The molecule has 16 heavy (non-hydrogen) atoms. The molecule has 1 aliphatic heterocycles. The van der Waals surface area contributed by atoms with E-state index >= 15 is 0 Å². The van der Waals surface area contributed by atoms with Gasteiger partial charge in [-0.15, -0.1) is 0 Å². The summed E-state index contributed by atoms with van der Waals surface area (Å²) in [4.78, 5) is 12.0. The summed E-state index contributed by atoms with van der Waals surface area (Å²) in [7, 11) is 0. The van der Waals surface area contributed by atoms with E-state index in [1.165, 1.54) is 0 Å². The molecule has 1 aliphatic rings. The van der Waals surface area contributed by atoms with Gasteiger partial charge in [0.15, 0.2) is 0 Å². The number of nitrogens with one attached hydrogen (secondary N) is 1. The van der Waals surface area contributed by atoms with Crippen LogP contribution in [0.15, 0.2) is 18.2 Å². The van der Waals surface area contributed by atoms with E-state index in [1.54, 1.807) is 0 Å². The summed E-state index contributed by atoms with van der Waals surface area (Å²) in [5, 5.41) is 3.92. The molecule has 1 fully saturated rings. The maximum absolute atomic E-state index is 12.0. The van der Waals surface area contributed by atoms with Gasteiger partial charge in [0.05, 0.1) is 0 Å². The molecule has 0 radical (unpaired) electrons. The van der Waals surface area contributed by atoms with E-state index < -0.39 is 0 Å². The summed E-state index contributed by atoms with van der Waals surface area (Å²) in [6, 6.07) is 5.87. The van der Waals surface area contributed by atoms with E-state index in [4.69, 9.17) is 11.6 Å². The Morgan fingerprint density at radius 1 is 1.56 bits per heavy atom. The predicted octanol–water partition coefficient (Wildman–Crippen LogP) is 2.37. The highest BCUT2D eigenvalue weighted by Crippen LogP contribution is 2.20. The van der Waals surface area contributed by atoms with Crippen LogP contribution in [0.1, 0.15) is 17.5 Å². The fraction of sp³-hybridized carbons (Fsp3) is 0.462. The molecule has 2 nitrogen and oxygen atoms in total. The summed E-state index contributed by atoms with van der Waals surface area (Å²) >= 11 is 6.11. The Bertz CT molecular complexity index is 397. The first-order chi connectivity index (χ1) is 7.66. The molecule has 1 aromatic carbocycles. The van der Waals surface area contributed by atoms with Crippen molar-refractivity contribution in [2.45, 2.75) is 19.8 Å². The van der Waals surface area contributed by atoms with Crippen molar-refractivity contribution in [2.24, 2.45) is 5.92 Å². The Hall–Kier alpha value is -0.860. The summed E-state index contributed by atoms with van der Waals surface area (Å²) in [5.41, 5.74) is 2.08. The molecule has 86 valence electrons. The minimum Gasteiger partial charge on any atom is -0.316 e. The van der Waals surface area contributed by atoms with Crippen LogP contribution in [0, 0.1) is 12.8 Å². The molecule has 1 N–H and O–H groups in total. The van der Waals surface area contributed by atoms with E-state index in [9.17, 15) is 4.79 Å². The van der Waals surface area contributed by atoms with Crippen LogP contribution in [0.3, 0.4) is 0 Å². The van der Waals surface area contributed by atoms with E-state index in [2.05, 4.69) is 5.32 Å². The van der Waals surface area contributed by atoms with Gasteiger partial charge < -0.3 is 5.32 Å². The minimum absolute atomic E-state index is 0.178. The number of halogens is 1. The Morgan fingerprint density at radius 3 is 3.00 bits per heavy atom. The van der Waals surface area contributed by atoms with Gasteiger partial charge in [0.25, 0.3) is 0 Å². The number of carbonyl (C=O) groups is 1. The number of Topliss-reactive ketones (excluding diaryl/α,β-unsaturated/α-hetero) is 1. The van der Waals surface area contributed by atoms with Crippen LogP contribution in [0.4, 0.5) is 0 Å². The van der Waals surface area contributed by atoms with Crippen molar-refractivity contribution in [2.75, 3.05) is 13.1 Å². The van der Waals surface area contributed by atoms with Crippen LogP contribution in [-0.2, 0) is 11.2 Å². The quantitative estimate of drug-likeness (QED) is 0.875. The Kier molecular flexibility index (Phi) is 3.62. The van der Waals surface area contributed by atoms with Gasteiger partial charge in [-0.05, 0) is 37.1 Å². The number of rotatable bonds is 3. The SMILES string of the molecule is Cc1ccc(CC(=O)C2CCNC2)c(Cl)c1.